The first-order valence-corrected chi connectivity index (χ1v) is 9.22. The van der Waals surface area contributed by atoms with Gasteiger partial charge in [0.1, 0.15) is 5.00 Å². The Labute approximate surface area is 145 Å². The van der Waals surface area contributed by atoms with Gasteiger partial charge in [-0.2, -0.15) is 0 Å². The van der Waals surface area contributed by atoms with Crippen molar-refractivity contribution in [3.05, 3.63) is 45.9 Å². The molecule has 6 heteroatoms. The van der Waals surface area contributed by atoms with Crippen LogP contribution in [-0.4, -0.2) is 49.3 Å². The minimum Gasteiger partial charge on any atom is -0.385 e. The molecule has 1 fully saturated rings. The average molecular weight is 342 g/mol. The summed E-state index contributed by atoms with van der Waals surface area (Å²) in [5.74, 6) is 0. The third kappa shape index (κ3) is 2.92. The second-order valence-corrected chi connectivity index (χ2v) is 7.04. The number of fused-ring (bicyclic) bond motifs is 2. The molecule has 0 amide bonds. The highest BCUT2D eigenvalue weighted by atomic mass is 32.1. The van der Waals surface area contributed by atoms with E-state index in [2.05, 4.69) is 39.2 Å². The van der Waals surface area contributed by atoms with Crippen molar-refractivity contribution in [3.63, 3.8) is 0 Å². The van der Waals surface area contributed by atoms with Crippen LogP contribution in [0.3, 0.4) is 0 Å². The Morgan fingerprint density at radius 3 is 3.29 bits per heavy atom. The van der Waals surface area contributed by atoms with Crippen LogP contribution in [0.25, 0.3) is 11.9 Å². The Hall–Kier alpha value is -1.89. The van der Waals surface area contributed by atoms with Gasteiger partial charge >= 0.3 is 0 Å². The molecule has 0 spiro atoms. The molecule has 2 aromatic heterocycles. The van der Waals surface area contributed by atoms with Crippen molar-refractivity contribution in [2.75, 3.05) is 38.7 Å². The molecule has 1 saturated heterocycles. The minimum absolute atomic E-state index is 0.445. The molecular weight excluding hydrogens is 320 g/mol. The van der Waals surface area contributed by atoms with E-state index in [4.69, 9.17) is 9.72 Å². The summed E-state index contributed by atoms with van der Waals surface area (Å²) in [6.07, 6.45) is 4.97. The molecule has 2 N–H and O–H groups in total. The topological polar surface area (TPSA) is 49.4 Å². The van der Waals surface area contributed by atoms with E-state index in [1.165, 1.54) is 16.3 Å². The standard InChI is InChI=1S/C18H22N4OS/c1-23-9-4-14-12-22(8-7-19-14)17-15-5-10-24-18(15)21-11-13-3-2-6-20-16(13)17/h2-3,5-6,10-11,14,19,21H,4,7-9,12H2,1H3. The smallest absolute Gasteiger partial charge is 0.102 e. The van der Waals surface area contributed by atoms with Crippen LogP contribution in [0.15, 0.2) is 29.8 Å². The Bertz CT molecular complexity index is 832. The summed E-state index contributed by atoms with van der Waals surface area (Å²) in [6.45, 7) is 3.74. The first-order valence-electron chi connectivity index (χ1n) is 8.34. The van der Waals surface area contributed by atoms with E-state index in [1.54, 1.807) is 18.4 Å². The molecule has 1 atom stereocenters. The van der Waals surface area contributed by atoms with Crippen LogP contribution in [0.1, 0.15) is 12.0 Å². The normalized spacial score (nSPS) is 19.8. The summed E-state index contributed by atoms with van der Waals surface area (Å²) in [4.78, 5) is 7.19. The highest BCUT2D eigenvalue weighted by Crippen LogP contribution is 2.31. The predicted octanol–water partition coefficient (Wildman–Crippen LogP) is 0.773. The average Bonchev–Trinajstić information content (AvgIpc) is 3.02. The highest BCUT2D eigenvalue weighted by molar-refractivity contribution is 7.14. The third-order valence-corrected chi connectivity index (χ3v) is 5.43. The largest absolute Gasteiger partial charge is 0.385 e. The molecule has 0 aliphatic carbocycles. The van der Waals surface area contributed by atoms with E-state index in [0.717, 1.165) is 43.2 Å². The fourth-order valence-electron chi connectivity index (χ4n) is 3.41. The number of aromatic nitrogens is 1. The number of nitrogens with one attached hydrogen (secondary N) is 2. The van der Waals surface area contributed by atoms with E-state index in [1.807, 2.05) is 12.3 Å². The Balaban J connectivity index is 1.78. The molecule has 0 radical (unpaired) electrons. The van der Waals surface area contributed by atoms with Crippen molar-refractivity contribution in [1.82, 2.24) is 15.2 Å². The van der Waals surface area contributed by atoms with E-state index in [0.29, 0.717) is 6.04 Å². The lowest BCUT2D eigenvalue weighted by atomic mass is 10.1. The number of pyridine rings is 1. The molecule has 2 aliphatic heterocycles. The molecule has 4 rings (SSSR count). The minimum atomic E-state index is 0.445. The van der Waals surface area contributed by atoms with E-state index in [-0.39, 0.29) is 0 Å². The quantitative estimate of drug-likeness (QED) is 0.860. The maximum Gasteiger partial charge on any atom is 0.102 e. The van der Waals surface area contributed by atoms with Crippen LogP contribution < -0.4 is 21.2 Å². The number of hydrogen-bond acceptors (Lipinski definition) is 6. The summed E-state index contributed by atoms with van der Waals surface area (Å²) in [6, 6.07) is 6.76. The van der Waals surface area contributed by atoms with Gasteiger partial charge in [-0.05, 0) is 30.0 Å². The lowest BCUT2D eigenvalue weighted by Gasteiger charge is -2.36. The van der Waals surface area contributed by atoms with Gasteiger partial charge in [-0.15, -0.1) is 11.3 Å². The molecule has 0 aromatic carbocycles. The van der Waals surface area contributed by atoms with Gasteiger partial charge in [-0.25, -0.2) is 0 Å². The second-order valence-electron chi connectivity index (χ2n) is 6.12. The number of thiophene rings is 1. The molecule has 24 heavy (non-hydrogen) atoms. The van der Waals surface area contributed by atoms with Gasteiger partial charge in [0.05, 0.1) is 11.0 Å². The zero-order valence-electron chi connectivity index (χ0n) is 13.8. The number of hydrogen-bond donors (Lipinski definition) is 2. The van der Waals surface area contributed by atoms with Gasteiger partial charge in [-0.3, -0.25) is 4.98 Å². The molecule has 4 heterocycles. The van der Waals surface area contributed by atoms with Crippen molar-refractivity contribution >= 4 is 28.2 Å². The highest BCUT2D eigenvalue weighted by Gasteiger charge is 2.25. The molecule has 0 saturated carbocycles. The number of nitrogens with zero attached hydrogens (tertiary/aromatic N) is 2. The fraction of sp³-hybridized carbons (Fsp3) is 0.389. The van der Waals surface area contributed by atoms with Crippen molar-refractivity contribution in [2.24, 2.45) is 0 Å². The number of ether oxygens (including phenoxy) is 1. The van der Waals surface area contributed by atoms with Crippen molar-refractivity contribution in [2.45, 2.75) is 12.5 Å². The summed E-state index contributed by atoms with van der Waals surface area (Å²) >= 11 is 1.74. The summed E-state index contributed by atoms with van der Waals surface area (Å²) in [5.41, 5.74) is 2.49. The lowest BCUT2D eigenvalue weighted by molar-refractivity contribution is 0.166. The zero-order chi connectivity index (χ0) is 16.4. The monoisotopic (exact) mass is 342 g/mol. The summed E-state index contributed by atoms with van der Waals surface area (Å²) < 4.78 is 5.25. The van der Waals surface area contributed by atoms with Gasteiger partial charge in [0.2, 0.25) is 0 Å². The van der Waals surface area contributed by atoms with Crippen LogP contribution >= 0.6 is 11.3 Å². The van der Waals surface area contributed by atoms with Crippen LogP contribution in [0.4, 0.5) is 5.00 Å². The Morgan fingerprint density at radius 1 is 1.42 bits per heavy atom. The van der Waals surface area contributed by atoms with Gasteiger partial charge in [0, 0.05) is 62.6 Å². The molecular formula is C18H22N4OS. The maximum atomic E-state index is 5.25. The maximum absolute atomic E-state index is 5.25. The fourth-order valence-corrected chi connectivity index (χ4v) is 4.17. The van der Waals surface area contributed by atoms with E-state index < -0.39 is 0 Å². The first-order chi connectivity index (χ1) is 11.9. The van der Waals surface area contributed by atoms with Crippen LogP contribution in [0.2, 0.25) is 0 Å². The van der Waals surface area contributed by atoms with Crippen LogP contribution in [-0.2, 0) is 4.74 Å². The van der Waals surface area contributed by atoms with Gasteiger partial charge in [0.15, 0.2) is 0 Å². The second kappa shape index (κ2) is 6.93. The Kier molecular flexibility index (Phi) is 4.51. The van der Waals surface area contributed by atoms with Gasteiger partial charge < -0.3 is 20.3 Å². The van der Waals surface area contributed by atoms with E-state index >= 15 is 0 Å². The lowest BCUT2D eigenvalue weighted by Crippen LogP contribution is -2.52. The number of rotatable bonds is 4. The zero-order valence-corrected chi connectivity index (χ0v) is 14.6. The number of methoxy groups -OCH3 is 1. The predicted molar refractivity (Wildman–Crippen MR) is 98.3 cm³/mol. The number of anilines is 1. The summed E-state index contributed by atoms with van der Waals surface area (Å²) in [7, 11) is 1.76. The molecule has 2 aliphatic rings. The molecule has 126 valence electrons. The molecule has 2 aromatic rings. The molecule has 1 unspecified atom stereocenters. The van der Waals surface area contributed by atoms with E-state index in [9.17, 15) is 0 Å². The Morgan fingerprint density at radius 2 is 2.38 bits per heavy atom. The number of piperazine rings is 1. The van der Waals surface area contributed by atoms with Crippen LogP contribution in [0.5, 0.6) is 0 Å². The summed E-state index contributed by atoms with van der Waals surface area (Å²) in [5, 5.41) is 12.6. The molecule has 0 bridgehead atoms. The first kappa shape index (κ1) is 15.6. The van der Waals surface area contributed by atoms with Crippen molar-refractivity contribution in [1.29, 1.82) is 0 Å². The SMILES string of the molecule is COCCC1CN(C2=c3ncccc3=CNc3sccc32)CCN1. The van der Waals surface area contributed by atoms with Crippen molar-refractivity contribution in [3.8, 4) is 0 Å². The van der Waals surface area contributed by atoms with Crippen molar-refractivity contribution < 1.29 is 4.74 Å². The van der Waals surface area contributed by atoms with Gasteiger partial charge in [-0.1, -0.05) is 0 Å². The van der Waals surface area contributed by atoms with Crippen LogP contribution in [0, 0.1) is 0 Å². The third-order valence-electron chi connectivity index (χ3n) is 4.58. The van der Waals surface area contributed by atoms with Gasteiger partial charge in [0.25, 0.3) is 0 Å². The molecule has 5 nitrogen and oxygen atoms in total.